The van der Waals surface area contributed by atoms with Gasteiger partial charge in [-0.2, -0.15) is 0 Å². The fraction of sp³-hybridized carbons (Fsp3) is 1.00. The highest BCUT2D eigenvalue weighted by Crippen LogP contribution is 2.49. The largest absolute Gasteiger partial charge is 0.393 e. The Morgan fingerprint density at radius 1 is 0.833 bits per heavy atom. The van der Waals surface area contributed by atoms with Crippen molar-refractivity contribution in [2.75, 3.05) is 13.1 Å². The van der Waals surface area contributed by atoms with Crippen LogP contribution in [0.5, 0.6) is 0 Å². The summed E-state index contributed by atoms with van der Waals surface area (Å²) in [6.45, 7) is 2.27. The molecule has 68 valence electrons. The molecule has 0 aromatic rings. The highest BCUT2D eigenvalue weighted by atomic mass is 16.3. The molecule has 2 heteroatoms. The summed E-state index contributed by atoms with van der Waals surface area (Å²) in [6.07, 6.45) is 3.90. The van der Waals surface area contributed by atoms with Crippen molar-refractivity contribution in [3.8, 4) is 0 Å². The second kappa shape index (κ2) is 2.46. The third-order valence-electron chi connectivity index (χ3n) is 4.26. The van der Waals surface area contributed by atoms with E-state index in [1.807, 2.05) is 0 Å². The Hall–Kier alpha value is -0.0800. The molecule has 0 amide bonds. The Morgan fingerprint density at radius 3 is 2.42 bits per heavy atom. The molecule has 0 spiro atoms. The molecule has 2 aliphatic carbocycles. The van der Waals surface area contributed by atoms with Crippen LogP contribution in [-0.2, 0) is 0 Å². The van der Waals surface area contributed by atoms with E-state index in [1.54, 1.807) is 0 Å². The van der Waals surface area contributed by atoms with Crippen LogP contribution >= 0.6 is 0 Å². The average molecular weight is 167 g/mol. The van der Waals surface area contributed by atoms with E-state index in [4.69, 9.17) is 0 Å². The van der Waals surface area contributed by atoms with Crippen LogP contribution in [0.1, 0.15) is 19.3 Å². The van der Waals surface area contributed by atoms with Crippen LogP contribution < -0.4 is 5.32 Å². The summed E-state index contributed by atoms with van der Waals surface area (Å²) in [5.41, 5.74) is 0. The summed E-state index contributed by atoms with van der Waals surface area (Å²) in [5.74, 6) is 3.05. The summed E-state index contributed by atoms with van der Waals surface area (Å²) in [6, 6.07) is 0. The lowest BCUT2D eigenvalue weighted by atomic mass is 9.78. The van der Waals surface area contributed by atoms with Crippen molar-refractivity contribution in [1.29, 1.82) is 0 Å². The van der Waals surface area contributed by atoms with Crippen molar-refractivity contribution in [2.24, 2.45) is 23.7 Å². The van der Waals surface area contributed by atoms with Gasteiger partial charge in [0.05, 0.1) is 6.10 Å². The van der Waals surface area contributed by atoms with Crippen LogP contribution in [0.15, 0.2) is 0 Å². The van der Waals surface area contributed by atoms with Gasteiger partial charge in [0.1, 0.15) is 0 Å². The van der Waals surface area contributed by atoms with Crippen molar-refractivity contribution >= 4 is 0 Å². The van der Waals surface area contributed by atoms with Crippen LogP contribution in [0.2, 0.25) is 0 Å². The molecule has 2 nitrogen and oxygen atoms in total. The van der Waals surface area contributed by atoms with Gasteiger partial charge in [-0.25, -0.2) is 0 Å². The zero-order chi connectivity index (χ0) is 8.13. The zero-order valence-electron chi connectivity index (χ0n) is 7.37. The molecule has 2 N–H and O–H groups in total. The van der Waals surface area contributed by atoms with E-state index in [9.17, 15) is 5.11 Å². The average Bonchev–Trinajstić information content (AvgIpc) is 2.32. The number of fused-ring (bicyclic) bond motifs is 2. The lowest BCUT2D eigenvalue weighted by Crippen LogP contribution is -2.38. The molecule has 3 rings (SSSR count). The van der Waals surface area contributed by atoms with Crippen molar-refractivity contribution < 1.29 is 5.11 Å². The maximum Gasteiger partial charge on any atom is 0.0608 e. The van der Waals surface area contributed by atoms with Crippen LogP contribution in [-0.4, -0.2) is 24.3 Å². The Bertz CT molecular complexity index is 190. The SMILES string of the molecule is O[C@H]1C2CNCC3CC1CC3C2. The number of aliphatic hydroxyl groups excluding tert-OH is 1. The third kappa shape index (κ3) is 0.882. The van der Waals surface area contributed by atoms with Crippen LogP contribution in [0.25, 0.3) is 0 Å². The van der Waals surface area contributed by atoms with Gasteiger partial charge in [0.15, 0.2) is 0 Å². The minimum atomic E-state index is 0.0130. The molecule has 3 bridgehead atoms. The van der Waals surface area contributed by atoms with E-state index >= 15 is 0 Å². The molecule has 0 radical (unpaired) electrons. The highest BCUT2D eigenvalue weighted by Gasteiger charge is 2.47. The molecule has 5 atom stereocenters. The molecule has 3 aliphatic rings. The van der Waals surface area contributed by atoms with Gasteiger partial charge in [0.2, 0.25) is 0 Å². The molecule has 2 saturated carbocycles. The van der Waals surface area contributed by atoms with Gasteiger partial charge < -0.3 is 10.4 Å². The number of nitrogens with one attached hydrogen (secondary N) is 1. The summed E-state index contributed by atoms with van der Waals surface area (Å²) in [7, 11) is 0. The predicted molar refractivity (Wildman–Crippen MR) is 46.7 cm³/mol. The third-order valence-corrected chi connectivity index (χ3v) is 4.26. The molecular weight excluding hydrogens is 150 g/mol. The first-order valence-electron chi connectivity index (χ1n) is 5.23. The molecule has 1 aliphatic heterocycles. The second-order valence-electron chi connectivity index (χ2n) is 4.90. The minimum absolute atomic E-state index is 0.0130. The number of aliphatic hydroxyl groups is 1. The van der Waals surface area contributed by atoms with Crippen molar-refractivity contribution in [2.45, 2.75) is 25.4 Å². The van der Waals surface area contributed by atoms with Gasteiger partial charge in [0, 0.05) is 6.54 Å². The molecule has 1 heterocycles. The van der Waals surface area contributed by atoms with Gasteiger partial charge in [-0.3, -0.25) is 0 Å². The van der Waals surface area contributed by atoms with Gasteiger partial charge in [-0.15, -0.1) is 0 Å². The number of hydrogen-bond acceptors (Lipinski definition) is 2. The van der Waals surface area contributed by atoms with E-state index in [1.165, 1.54) is 25.8 Å². The summed E-state index contributed by atoms with van der Waals surface area (Å²) in [5, 5.41) is 13.4. The number of rotatable bonds is 0. The van der Waals surface area contributed by atoms with Gasteiger partial charge in [-0.1, -0.05) is 0 Å². The standard InChI is InChI=1S/C10H17NO/c12-10-7-1-6-2-9(10)5-11-4-8(6)3-7/h6-12H,1-5H2/t6?,7?,8?,9?,10-/m1/s1. The smallest absolute Gasteiger partial charge is 0.0608 e. The molecule has 1 saturated heterocycles. The maximum absolute atomic E-state index is 9.97. The first-order valence-corrected chi connectivity index (χ1v) is 5.23. The fourth-order valence-electron chi connectivity index (χ4n) is 3.65. The minimum Gasteiger partial charge on any atom is -0.393 e. The van der Waals surface area contributed by atoms with Crippen LogP contribution in [0.3, 0.4) is 0 Å². The monoisotopic (exact) mass is 167 g/mol. The first kappa shape index (κ1) is 7.34. The second-order valence-corrected chi connectivity index (χ2v) is 4.90. The van der Waals surface area contributed by atoms with Crippen molar-refractivity contribution in [3.05, 3.63) is 0 Å². The Balaban J connectivity index is 1.92. The molecule has 0 aromatic carbocycles. The van der Waals surface area contributed by atoms with Gasteiger partial charge in [0.25, 0.3) is 0 Å². The molecular formula is C10H17NO. The lowest BCUT2D eigenvalue weighted by molar-refractivity contribution is 0.0242. The first-order chi connectivity index (χ1) is 5.84. The fourth-order valence-corrected chi connectivity index (χ4v) is 3.65. The van der Waals surface area contributed by atoms with Crippen LogP contribution in [0.4, 0.5) is 0 Å². The number of hydrogen-bond donors (Lipinski definition) is 2. The molecule has 4 unspecified atom stereocenters. The van der Waals surface area contributed by atoms with Crippen LogP contribution in [0, 0.1) is 23.7 Å². The quantitative estimate of drug-likeness (QED) is 0.554. The van der Waals surface area contributed by atoms with E-state index in [0.717, 1.165) is 18.4 Å². The van der Waals surface area contributed by atoms with Gasteiger partial charge >= 0.3 is 0 Å². The Kier molecular flexibility index (Phi) is 1.50. The topological polar surface area (TPSA) is 32.3 Å². The molecule has 0 aromatic heterocycles. The molecule has 3 fully saturated rings. The maximum atomic E-state index is 9.97. The van der Waals surface area contributed by atoms with E-state index in [-0.39, 0.29) is 6.10 Å². The summed E-state index contributed by atoms with van der Waals surface area (Å²) in [4.78, 5) is 0. The summed E-state index contributed by atoms with van der Waals surface area (Å²) >= 11 is 0. The lowest BCUT2D eigenvalue weighted by Gasteiger charge is -2.32. The normalized spacial score (nSPS) is 57.2. The predicted octanol–water partition coefficient (Wildman–Crippen LogP) is 0.613. The van der Waals surface area contributed by atoms with Crippen molar-refractivity contribution in [1.82, 2.24) is 5.32 Å². The highest BCUT2D eigenvalue weighted by molar-refractivity contribution is 4.98. The molecule has 12 heavy (non-hydrogen) atoms. The van der Waals surface area contributed by atoms with Gasteiger partial charge in [-0.05, 0) is 49.5 Å². The van der Waals surface area contributed by atoms with E-state index < -0.39 is 0 Å². The van der Waals surface area contributed by atoms with E-state index in [2.05, 4.69) is 5.32 Å². The van der Waals surface area contributed by atoms with E-state index in [0.29, 0.717) is 11.8 Å². The zero-order valence-corrected chi connectivity index (χ0v) is 7.37. The summed E-state index contributed by atoms with van der Waals surface area (Å²) < 4.78 is 0. The Labute approximate surface area is 73.4 Å². The van der Waals surface area contributed by atoms with Crippen molar-refractivity contribution in [3.63, 3.8) is 0 Å². The Morgan fingerprint density at radius 2 is 1.50 bits per heavy atom.